The number of likely N-dealkylation sites (tertiary alicyclic amines) is 1. The summed E-state index contributed by atoms with van der Waals surface area (Å²) >= 11 is 0. The Balaban J connectivity index is 1.52. The normalized spacial score (nSPS) is 19.4. The van der Waals surface area contributed by atoms with E-state index in [9.17, 15) is 14.7 Å². The summed E-state index contributed by atoms with van der Waals surface area (Å²) < 4.78 is 6.78. The molecule has 0 spiro atoms. The molecule has 1 aromatic carbocycles. The predicted molar refractivity (Wildman–Crippen MR) is 149 cm³/mol. The number of carbonyl (C=O) groups is 2. The van der Waals surface area contributed by atoms with Crippen LogP contribution in [-0.2, 0) is 15.0 Å². The molecule has 9 nitrogen and oxygen atoms in total. The number of aromatic nitrogens is 3. The molecule has 9 heteroatoms. The Hall–Kier alpha value is -3.46. The predicted octanol–water partition coefficient (Wildman–Crippen LogP) is 4.49. The summed E-state index contributed by atoms with van der Waals surface area (Å²) in [6.07, 6.45) is 4.78. The molecule has 4 rings (SSSR count). The van der Waals surface area contributed by atoms with Crippen molar-refractivity contribution in [1.29, 1.82) is 0 Å². The van der Waals surface area contributed by atoms with Crippen LogP contribution in [0.4, 0.5) is 0 Å². The van der Waals surface area contributed by atoms with Gasteiger partial charge < -0.3 is 19.8 Å². The van der Waals surface area contributed by atoms with Gasteiger partial charge in [0.05, 0.1) is 24.0 Å². The largest absolute Gasteiger partial charge is 0.391 e. The second-order valence-electron chi connectivity index (χ2n) is 12.2. The zero-order valence-corrected chi connectivity index (χ0v) is 24.2. The highest BCUT2D eigenvalue weighted by atomic mass is 16.5. The van der Waals surface area contributed by atoms with E-state index in [0.29, 0.717) is 0 Å². The molecular weight excluding hydrogens is 494 g/mol. The van der Waals surface area contributed by atoms with E-state index in [1.807, 2.05) is 52.9 Å². The van der Waals surface area contributed by atoms with Crippen LogP contribution >= 0.6 is 0 Å². The fraction of sp³-hybridized carbons (Fsp3) is 0.533. The number of aliphatic hydroxyl groups is 1. The van der Waals surface area contributed by atoms with Gasteiger partial charge in [-0.15, -0.1) is 0 Å². The highest BCUT2D eigenvalue weighted by Crippen LogP contribution is 2.30. The van der Waals surface area contributed by atoms with E-state index >= 15 is 0 Å². The van der Waals surface area contributed by atoms with Crippen LogP contribution in [0.15, 0.2) is 41.4 Å². The Morgan fingerprint density at radius 3 is 2.46 bits per heavy atom. The fourth-order valence-corrected chi connectivity index (χ4v) is 5.34. The minimum absolute atomic E-state index is 0.0548. The van der Waals surface area contributed by atoms with Crippen molar-refractivity contribution in [2.24, 2.45) is 5.92 Å². The van der Waals surface area contributed by atoms with Gasteiger partial charge in [0.15, 0.2) is 0 Å². The summed E-state index contributed by atoms with van der Waals surface area (Å²) in [5.74, 6) is -0.535. The third kappa shape index (κ3) is 5.93. The summed E-state index contributed by atoms with van der Waals surface area (Å²) in [7, 11) is 0. The zero-order valence-electron chi connectivity index (χ0n) is 24.2. The number of rotatable bonds is 7. The van der Waals surface area contributed by atoms with Gasteiger partial charge in [0.2, 0.25) is 11.8 Å². The number of amides is 2. The molecule has 3 heterocycles. The third-order valence-electron chi connectivity index (χ3n) is 7.66. The number of aliphatic hydroxyl groups excluding tert-OH is 1. The molecule has 1 aliphatic heterocycles. The summed E-state index contributed by atoms with van der Waals surface area (Å²) in [4.78, 5) is 28.9. The summed E-state index contributed by atoms with van der Waals surface area (Å²) in [5, 5.41) is 22.0. The number of nitrogens with one attached hydrogen (secondary N) is 1. The minimum atomic E-state index is -0.761. The molecule has 4 unspecified atom stereocenters. The molecule has 1 fully saturated rings. The highest BCUT2D eigenvalue weighted by Gasteiger charge is 2.43. The van der Waals surface area contributed by atoms with Gasteiger partial charge in [-0.3, -0.25) is 14.3 Å². The lowest BCUT2D eigenvalue weighted by Crippen LogP contribution is -2.49. The van der Waals surface area contributed by atoms with Crippen LogP contribution in [0.2, 0.25) is 0 Å². The maximum atomic E-state index is 13.9. The van der Waals surface area contributed by atoms with Crippen molar-refractivity contribution in [1.82, 2.24) is 25.2 Å². The smallest absolute Gasteiger partial charge is 0.248 e. The fourth-order valence-electron chi connectivity index (χ4n) is 5.34. The van der Waals surface area contributed by atoms with Gasteiger partial charge in [0.25, 0.3) is 0 Å². The molecule has 2 amide bonds. The number of benzene rings is 1. The number of β-amino-alcohol motifs (C(OH)–C–C–N with tert-alkyl or cyclic N) is 1. The maximum Gasteiger partial charge on any atom is 0.248 e. The Kier molecular flexibility index (Phi) is 8.02. The standard InChI is InChI=1S/C30H41N5O4/c1-17(2)27(35-14-22(13-31-35)30(6,7)8)29(38)34-15-23(36)12-26(34)28(37)32-19(4)24-10-9-21(11-18(24)3)25-16-39-33-20(25)5/h9-11,13-14,16-17,19,23,26-27,36H,12,15H2,1-8H3,(H,32,37). The Morgan fingerprint density at radius 2 is 1.90 bits per heavy atom. The first kappa shape index (κ1) is 28.5. The molecule has 0 saturated carbocycles. The summed E-state index contributed by atoms with van der Waals surface area (Å²) in [5.41, 5.74) is 5.68. The van der Waals surface area contributed by atoms with Gasteiger partial charge in [-0.25, -0.2) is 0 Å². The number of hydrogen-bond acceptors (Lipinski definition) is 6. The molecule has 0 aliphatic carbocycles. The first-order chi connectivity index (χ1) is 18.3. The lowest BCUT2D eigenvalue weighted by molar-refractivity contribution is -0.142. The lowest BCUT2D eigenvalue weighted by atomic mass is 9.90. The van der Waals surface area contributed by atoms with Crippen LogP contribution in [-0.4, -0.2) is 55.4 Å². The first-order valence-corrected chi connectivity index (χ1v) is 13.6. The van der Waals surface area contributed by atoms with Crippen LogP contribution in [0.5, 0.6) is 0 Å². The average molecular weight is 536 g/mol. The molecule has 39 heavy (non-hydrogen) atoms. The van der Waals surface area contributed by atoms with Crippen LogP contribution in [0, 0.1) is 19.8 Å². The second kappa shape index (κ2) is 11.0. The van der Waals surface area contributed by atoms with E-state index in [1.54, 1.807) is 17.1 Å². The van der Waals surface area contributed by atoms with Gasteiger partial charge in [0, 0.05) is 24.7 Å². The van der Waals surface area contributed by atoms with Gasteiger partial charge in [-0.1, -0.05) is 58.0 Å². The molecule has 2 N–H and O–H groups in total. The monoisotopic (exact) mass is 535 g/mol. The van der Waals surface area contributed by atoms with Crippen LogP contribution < -0.4 is 5.32 Å². The molecule has 4 atom stereocenters. The number of aryl methyl sites for hydroxylation is 2. The van der Waals surface area contributed by atoms with Crippen molar-refractivity contribution in [2.45, 2.75) is 91.5 Å². The maximum absolute atomic E-state index is 13.9. The molecule has 3 aromatic rings. The van der Waals surface area contributed by atoms with Crippen molar-refractivity contribution < 1.29 is 19.2 Å². The number of carbonyl (C=O) groups excluding carboxylic acids is 2. The third-order valence-corrected chi connectivity index (χ3v) is 7.66. The van der Waals surface area contributed by atoms with Crippen LogP contribution in [0.25, 0.3) is 11.1 Å². The average Bonchev–Trinajstić information content (AvgIpc) is 3.58. The summed E-state index contributed by atoms with van der Waals surface area (Å²) in [6, 6.07) is 4.42. The topological polar surface area (TPSA) is 113 Å². The van der Waals surface area contributed by atoms with E-state index < -0.39 is 18.2 Å². The van der Waals surface area contributed by atoms with E-state index in [0.717, 1.165) is 33.5 Å². The highest BCUT2D eigenvalue weighted by molar-refractivity contribution is 5.90. The van der Waals surface area contributed by atoms with Crippen molar-refractivity contribution in [3.05, 3.63) is 59.2 Å². The zero-order chi connectivity index (χ0) is 28.6. The SMILES string of the molecule is Cc1cc(-c2conc2C)ccc1C(C)NC(=O)C1CC(O)CN1C(=O)C(C(C)C)n1cc(C(C)(C)C)cn1. The number of nitrogens with zero attached hydrogens (tertiary/aromatic N) is 4. The molecule has 1 saturated heterocycles. The van der Waals surface area contributed by atoms with Gasteiger partial charge in [0.1, 0.15) is 18.3 Å². The van der Waals surface area contributed by atoms with Gasteiger partial charge in [-0.05, 0) is 54.4 Å². The summed E-state index contributed by atoms with van der Waals surface area (Å²) in [6.45, 7) is 16.2. The van der Waals surface area contributed by atoms with Gasteiger partial charge in [-0.2, -0.15) is 5.10 Å². The lowest BCUT2D eigenvalue weighted by Gasteiger charge is -2.31. The number of hydrogen-bond donors (Lipinski definition) is 2. The Bertz CT molecular complexity index is 1340. The van der Waals surface area contributed by atoms with Crippen LogP contribution in [0.1, 0.15) is 82.4 Å². The molecule has 1 aliphatic rings. The Labute approximate surface area is 230 Å². The van der Waals surface area contributed by atoms with Gasteiger partial charge >= 0.3 is 0 Å². The molecular formula is C30H41N5O4. The minimum Gasteiger partial charge on any atom is -0.391 e. The second-order valence-corrected chi connectivity index (χ2v) is 12.2. The molecule has 0 bridgehead atoms. The quantitative estimate of drug-likeness (QED) is 0.461. The van der Waals surface area contributed by atoms with Crippen molar-refractivity contribution in [3.63, 3.8) is 0 Å². The van der Waals surface area contributed by atoms with E-state index in [2.05, 4.69) is 42.4 Å². The molecule has 210 valence electrons. The van der Waals surface area contributed by atoms with E-state index in [1.165, 1.54) is 4.90 Å². The van der Waals surface area contributed by atoms with Crippen LogP contribution in [0.3, 0.4) is 0 Å². The molecule has 2 aromatic heterocycles. The van der Waals surface area contributed by atoms with Crippen molar-refractivity contribution in [2.75, 3.05) is 6.54 Å². The Morgan fingerprint density at radius 1 is 1.18 bits per heavy atom. The molecule has 0 radical (unpaired) electrons. The first-order valence-electron chi connectivity index (χ1n) is 13.6. The van der Waals surface area contributed by atoms with Crippen molar-refractivity contribution in [3.8, 4) is 11.1 Å². The van der Waals surface area contributed by atoms with Crippen molar-refractivity contribution >= 4 is 11.8 Å². The van der Waals surface area contributed by atoms with E-state index in [-0.39, 0.29) is 42.2 Å². The van der Waals surface area contributed by atoms with E-state index in [4.69, 9.17) is 4.52 Å².